The molecule has 0 spiro atoms. The molecular weight excluding hydrogens is 336 g/mol. The summed E-state index contributed by atoms with van der Waals surface area (Å²) in [6.45, 7) is 1.19. The van der Waals surface area contributed by atoms with Crippen molar-refractivity contribution in [1.82, 2.24) is 4.98 Å². The van der Waals surface area contributed by atoms with Crippen LogP contribution < -0.4 is 19.9 Å². The quantitative estimate of drug-likeness (QED) is 0.897. The Hall–Kier alpha value is -1.79. The predicted octanol–water partition coefficient (Wildman–Crippen LogP) is 2.65. The minimum absolute atomic E-state index is 0.245. The van der Waals surface area contributed by atoms with E-state index in [9.17, 15) is 0 Å². The maximum absolute atomic E-state index is 5.87. The lowest BCUT2D eigenvalue weighted by atomic mass is 10.1. The van der Waals surface area contributed by atoms with Crippen molar-refractivity contribution < 1.29 is 14.2 Å². The molecule has 1 aliphatic rings. The third-order valence-electron chi connectivity index (χ3n) is 3.13. The summed E-state index contributed by atoms with van der Waals surface area (Å²) < 4.78 is 17.6. The van der Waals surface area contributed by atoms with Gasteiger partial charge in [0, 0.05) is 16.7 Å². The molecule has 0 fully saturated rings. The fraction of sp³-hybridized carbons (Fsp3) is 0.267. The molecule has 1 aliphatic heterocycles. The molecule has 6 heteroatoms. The lowest BCUT2D eigenvalue weighted by Crippen LogP contribution is -2.06. The number of hydrogen-bond acceptors (Lipinski definition) is 5. The van der Waals surface area contributed by atoms with Crippen molar-refractivity contribution in [3.05, 3.63) is 46.2 Å². The number of hydrogen-bond donors (Lipinski definition) is 1. The molecular formula is C15H15BrN2O3. The first-order valence-corrected chi connectivity index (χ1v) is 7.41. The Labute approximate surface area is 131 Å². The highest BCUT2D eigenvalue weighted by molar-refractivity contribution is 9.10. The summed E-state index contributed by atoms with van der Waals surface area (Å²) in [5, 5.41) is 0. The van der Waals surface area contributed by atoms with Gasteiger partial charge in [0.05, 0.1) is 5.69 Å². The van der Waals surface area contributed by atoms with Crippen molar-refractivity contribution in [2.75, 3.05) is 13.3 Å². The number of nitrogens with zero attached hydrogens (tertiary/aromatic N) is 1. The predicted molar refractivity (Wildman–Crippen MR) is 81.6 cm³/mol. The second-order valence-corrected chi connectivity index (χ2v) is 5.52. The lowest BCUT2D eigenvalue weighted by molar-refractivity contribution is 0.173. The van der Waals surface area contributed by atoms with Gasteiger partial charge in [0.1, 0.15) is 12.4 Å². The zero-order chi connectivity index (χ0) is 14.7. The first-order chi connectivity index (χ1) is 10.3. The molecule has 110 valence electrons. The smallest absolute Gasteiger partial charge is 0.231 e. The Kier molecular flexibility index (Phi) is 4.26. The number of pyridine rings is 1. The van der Waals surface area contributed by atoms with Gasteiger partial charge in [-0.05, 0) is 52.7 Å². The Morgan fingerprint density at radius 2 is 2.05 bits per heavy atom. The molecule has 0 radical (unpaired) electrons. The van der Waals surface area contributed by atoms with Crippen LogP contribution in [0.3, 0.4) is 0 Å². The molecule has 0 saturated carbocycles. The Morgan fingerprint density at radius 3 is 2.76 bits per heavy atom. The van der Waals surface area contributed by atoms with Gasteiger partial charge in [-0.3, -0.25) is 4.98 Å². The zero-order valence-corrected chi connectivity index (χ0v) is 12.9. The fourth-order valence-corrected chi connectivity index (χ4v) is 2.33. The van der Waals surface area contributed by atoms with Crippen LogP contribution in [0.15, 0.2) is 34.9 Å². The number of halogens is 1. The molecule has 0 amide bonds. The molecule has 1 aromatic heterocycles. The topological polar surface area (TPSA) is 66.6 Å². The van der Waals surface area contributed by atoms with Gasteiger partial charge in [0.15, 0.2) is 11.5 Å². The average molecular weight is 351 g/mol. The summed E-state index contributed by atoms with van der Waals surface area (Å²) in [6.07, 6.45) is 2.47. The first kappa shape index (κ1) is 14.2. The van der Waals surface area contributed by atoms with E-state index in [1.807, 2.05) is 24.3 Å². The molecule has 2 aromatic rings. The normalized spacial score (nSPS) is 12.5. The minimum Gasteiger partial charge on any atom is -0.487 e. The van der Waals surface area contributed by atoms with Crippen molar-refractivity contribution in [1.29, 1.82) is 0 Å². The van der Waals surface area contributed by atoms with Gasteiger partial charge < -0.3 is 19.9 Å². The second kappa shape index (κ2) is 6.32. The molecule has 0 unspecified atom stereocenters. The molecule has 0 atom stereocenters. The van der Waals surface area contributed by atoms with E-state index in [1.54, 1.807) is 6.20 Å². The second-order valence-electron chi connectivity index (χ2n) is 4.61. The molecule has 0 saturated heterocycles. The van der Waals surface area contributed by atoms with Crippen molar-refractivity contribution in [3.63, 3.8) is 0 Å². The molecule has 2 heterocycles. The van der Waals surface area contributed by atoms with Gasteiger partial charge >= 0.3 is 0 Å². The van der Waals surface area contributed by atoms with Crippen molar-refractivity contribution in [2.45, 2.75) is 13.0 Å². The average Bonchev–Trinajstić information content (AvgIpc) is 2.94. The molecule has 21 heavy (non-hydrogen) atoms. The third kappa shape index (κ3) is 3.28. The summed E-state index contributed by atoms with van der Waals surface area (Å²) in [5.74, 6) is 2.21. The van der Waals surface area contributed by atoms with Crippen LogP contribution in [0.1, 0.15) is 11.3 Å². The van der Waals surface area contributed by atoms with Crippen LogP contribution in [-0.4, -0.2) is 18.3 Å². The van der Waals surface area contributed by atoms with Crippen LogP contribution in [0.2, 0.25) is 0 Å². The highest BCUT2D eigenvalue weighted by Gasteiger charge is 2.18. The monoisotopic (exact) mass is 350 g/mol. The van der Waals surface area contributed by atoms with E-state index in [0.717, 1.165) is 33.6 Å². The number of nitrogens with two attached hydrogens (primary N) is 1. The van der Waals surface area contributed by atoms with Crippen LogP contribution in [0.5, 0.6) is 17.2 Å². The van der Waals surface area contributed by atoms with Gasteiger partial charge in [-0.2, -0.15) is 0 Å². The highest BCUT2D eigenvalue weighted by Crippen LogP contribution is 2.38. The molecule has 1 aromatic carbocycles. The fourth-order valence-electron chi connectivity index (χ4n) is 2.09. The molecule has 0 bridgehead atoms. The van der Waals surface area contributed by atoms with E-state index < -0.39 is 0 Å². The minimum atomic E-state index is 0.245. The molecule has 5 nitrogen and oxygen atoms in total. The van der Waals surface area contributed by atoms with Gasteiger partial charge in [0.25, 0.3) is 0 Å². The Bertz CT molecular complexity index is 632. The number of fused-ring (bicyclic) bond motifs is 1. The zero-order valence-electron chi connectivity index (χ0n) is 11.3. The van der Waals surface area contributed by atoms with Crippen molar-refractivity contribution >= 4 is 15.9 Å². The largest absolute Gasteiger partial charge is 0.487 e. The number of aromatic nitrogens is 1. The van der Waals surface area contributed by atoms with Gasteiger partial charge in [-0.15, -0.1) is 0 Å². The Morgan fingerprint density at radius 1 is 1.24 bits per heavy atom. The highest BCUT2D eigenvalue weighted by atomic mass is 79.9. The maximum atomic E-state index is 5.87. The van der Waals surface area contributed by atoms with Crippen LogP contribution in [0, 0.1) is 0 Å². The maximum Gasteiger partial charge on any atom is 0.231 e. The Balaban J connectivity index is 1.78. The van der Waals surface area contributed by atoms with Crippen LogP contribution in [0.4, 0.5) is 0 Å². The summed E-state index contributed by atoms with van der Waals surface area (Å²) in [4.78, 5) is 4.29. The molecule has 3 rings (SSSR count). The summed E-state index contributed by atoms with van der Waals surface area (Å²) in [5.41, 5.74) is 7.52. The van der Waals surface area contributed by atoms with E-state index in [-0.39, 0.29) is 6.79 Å². The molecule has 2 N–H and O–H groups in total. The summed E-state index contributed by atoms with van der Waals surface area (Å²) >= 11 is 3.36. The van der Waals surface area contributed by atoms with Gasteiger partial charge in [-0.1, -0.05) is 0 Å². The van der Waals surface area contributed by atoms with Crippen LogP contribution in [-0.2, 0) is 13.0 Å². The van der Waals surface area contributed by atoms with Crippen LogP contribution in [0.25, 0.3) is 0 Å². The number of rotatable bonds is 5. The van der Waals surface area contributed by atoms with E-state index in [2.05, 4.69) is 20.9 Å². The van der Waals surface area contributed by atoms with E-state index in [1.165, 1.54) is 0 Å². The third-order valence-corrected chi connectivity index (χ3v) is 3.60. The van der Waals surface area contributed by atoms with Crippen molar-refractivity contribution in [3.8, 4) is 17.2 Å². The number of ether oxygens (including phenoxy) is 3. The van der Waals surface area contributed by atoms with E-state index in [0.29, 0.717) is 18.9 Å². The van der Waals surface area contributed by atoms with E-state index >= 15 is 0 Å². The summed E-state index contributed by atoms with van der Waals surface area (Å²) in [7, 11) is 0. The standard InChI is InChI=1S/C15H15BrN2O3/c16-11-1-2-12(18-7-11)8-19-13-6-15-14(20-9-21-15)5-10(13)3-4-17/h1-2,5-7H,3-4,8-9,17H2. The van der Waals surface area contributed by atoms with E-state index in [4.69, 9.17) is 19.9 Å². The first-order valence-electron chi connectivity index (χ1n) is 6.62. The molecule has 0 aliphatic carbocycles. The lowest BCUT2D eigenvalue weighted by Gasteiger charge is -2.12. The summed E-state index contributed by atoms with van der Waals surface area (Å²) in [6, 6.07) is 7.64. The number of benzene rings is 1. The van der Waals surface area contributed by atoms with Crippen LogP contribution >= 0.6 is 15.9 Å². The van der Waals surface area contributed by atoms with Gasteiger partial charge in [0.2, 0.25) is 6.79 Å². The van der Waals surface area contributed by atoms with Gasteiger partial charge in [-0.25, -0.2) is 0 Å². The SMILES string of the molecule is NCCc1cc2c(cc1OCc1ccc(Br)cn1)OCO2. The van der Waals surface area contributed by atoms with Crippen molar-refractivity contribution in [2.24, 2.45) is 5.73 Å².